The molecule has 0 N–H and O–H groups in total. The zero-order valence-corrected chi connectivity index (χ0v) is 19.1. The van der Waals surface area contributed by atoms with Crippen LogP contribution in [0.4, 0.5) is 0 Å². The van der Waals surface area contributed by atoms with Crippen molar-refractivity contribution in [3.8, 4) is 0 Å². The largest absolute Gasteiger partial charge is 0.462 e. The second-order valence-electron chi connectivity index (χ2n) is 8.65. The van der Waals surface area contributed by atoms with Crippen LogP contribution in [0.3, 0.4) is 0 Å². The first-order valence-electron chi connectivity index (χ1n) is 12.4. The van der Waals surface area contributed by atoms with Crippen molar-refractivity contribution in [3.05, 3.63) is 59.7 Å². The van der Waals surface area contributed by atoms with E-state index in [1.54, 1.807) is 0 Å². The van der Waals surface area contributed by atoms with Crippen molar-refractivity contribution in [3.63, 3.8) is 0 Å². The maximum Gasteiger partial charge on any atom is 0.338 e. The fourth-order valence-electron chi connectivity index (χ4n) is 4.04. The molecule has 1 aliphatic rings. The molecule has 0 fully saturated rings. The van der Waals surface area contributed by atoms with E-state index in [4.69, 9.17) is 4.74 Å². The van der Waals surface area contributed by atoms with E-state index < -0.39 is 0 Å². The first-order chi connectivity index (χ1) is 14.8. The third kappa shape index (κ3) is 10.3. The number of rotatable bonds is 17. The van der Waals surface area contributed by atoms with Crippen molar-refractivity contribution in [2.75, 3.05) is 6.61 Å². The summed E-state index contributed by atoms with van der Waals surface area (Å²) in [6.45, 7) is 2.81. The Balaban J connectivity index is 1.39. The van der Waals surface area contributed by atoms with Gasteiger partial charge in [0.2, 0.25) is 0 Å². The van der Waals surface area contributed by atoms with Crippen LogP contribution in [0.15, 0.2) is 48.6 Å². The van der Waals surface area contributed by atoms with E-state index in [0.717, 1.165) is 12.8 Å². The molecule has 0 atom stereocenters. The van der Waals surface area contributed by atoms with E-state index in [1.165, 1.54) is 82.6 Å². The van der Waals surface area contributed by atoms with Gasteiger partial charge in [0, 0.05) is 5.92 Å². The van der Waals surface area contributed by atoms with Gasteiger partial charge in [-0.2, -0.15) is 0 Å². The van der Waals surface area contributed by atoms with Crippen LogP contribution in [0.2, 0.25) is 0 Å². The summed E-state index contributed by atoms with van der Waals surface area (Å²) < 4.78 is 5.43. The lowest BCUT2D eigenvalue weighted by Crippen LogP contribution is -2.06. The first kappa shape index (κ1) is 24.4. The number of carbonyl (C=O) groups excluding carboxylic acids is 1. The summed E-state index contributed by atoms with van der Waals surface area (Å²) in [5.41, 5.74) is 1.86. The summed E-state index contributed by atoms with van der Waals surface area (Å²) >= 11 is 0. The molecule has 166 valence electrons. The number of ether oxygens (including phenoxy) is 1. The van der Waals surface area contributed by atoms with Crippen LogP contribution in [-0.4, -0.2) is 12.6 Å². The van der Waals surface area contributed by atoms with Crippen molar-refractivity contribution in [1.82, 2.24) is 0 Å². The summed E-state index contributed by atoms with van der Waals surface area (Å²) in [6, 6.07) is 7.80. The number of esters is 1. The highest BCUT2D eigenvalue weighted by Crippen LogP contribution is 2.23. The summed E-state index contributed by atoms with van der Waals surface area (Å²) in [7, 11) is 0. The maximum atomic E-state index is 12.2. The smallest absolute Gasteiger partial charge is 0.338 e. The van der Waals surface area contributed by atoms with Crippen molar-refractivity contribution in [1.29, 1.82) is 0 Å². The molecule has 2 rings (SSSR count). The Bertz CT molecular complexity index is 615. The van der Waals surface area contributed by atoms with Crippen molar-refractivity contribution in [2.45, 2.75) is 103 Å². The molecule has 0 amide bonds. The molecular formula is C28H42O2. The molecular weight excluding hydrogens is 368 g/mol. The van der Waals surface area contributed by atoms with Gasteiger partial charge in [-0.15, -0.1) is 0 Å². The standard InChI is InChI=1S/C28H42O2/c1-2-3-4-5-6-7-8-9-10-11-12-13-14-17-24-30-28(29)27-22-20-26(21-23-27)25-18-15-16-19-25/h15-16,18-23,25H,2-14,17,24H2,1H3. The van der Waals surface area contributed by atoms with Crippen molar-refractivity contribution < 1.29 is 9.53 Å². The summed E-state index contributed by atoms with van der Waals surface area (Å²) in [4.78, 5) is 12.2. The average Bonchev–Trinajstić information content (AvgIpc) is 3.31. The van der Waals surface area contributed by atoms with Gasteiger partial charge in [0.1, 0.15) is 0 Å². The minimum absolute atomic E-state index is 0.200. The van der Waals surface area contributed by atoms with Gasteiger partial charge >= 0.3 is 5.97 Å². The van der Waals surface area contributed by atoms with Crippen LogP contribution < -0.4 is 0 Å². The van der Waals surface area contributed by atoms with Gasteiger partial charge in [0.05, 0.1) is 12.2 Å². The molecule has 2 heteroatoms. The third-order valence-electron chi connectivity index (χ3n) is 6.01. The predicted octanol–water partition coefficient (Wildman–Crippen LogP) is 8.53. The fourth-order valence-corrected chi connectivity index (χ4v) is 4.04. The monoisotopic (exact) mass is 410 g/mol. The van der Waals surface area contributed by atoms with Gasteiger partial charge in [-0.1, -0.05) is 127 Å². The molecule has 0 unspecified atom stereocenters. The summed E-state index contributed by atoms with van der Waals surface area (Å²) in [5.74, 6) is 0.138. The molecule has 0 aliphatic heterocycles. The van der Waals surface area contributed by atoms with E-state index in [0.29, 0.717) is 18.1 Å². The Hall–Kier alpha value is -1.83. The lowest BCUT2D eigenvalue weighted by Gasteiger charge is -2.08. The molecule has 30 heavy (non-hydrogen) atoms. The zero-order valence-electron chi connectivity index (χ0n) is 19.1. The van der Waals surface area contributed by atoms with E-state index in [2.05, 4.69) is 31.2 Å². The molecule has 1 aromatic rings. The fraction of sp³-hybridized carbons (Fsp3) is 0.607. The normalized spacial score (nSPS) is 13.2. The average molecular weight is 411 g/mol. The van der Waals surface area contributed by atoms with Crippen molar-refractivity contribution in [2.24, 2.45) is 0 Å². The quantitative estimate of drug-likeness (QED) is 0.190. The van der Waals surface area contributed by atoms with E-state index in [-0.39, 0.29) is 5.97 Å². The molecule has 0 saturated heterocycles. The molecule has 0 radical (unpaired) electrons. The van der Waals surface area contributed by atoms with E-state index in [9.17, 15) is 4.79 Å². The Kier molecular flexibility index (Phi) is 13.0. The van der Waals surface area contributed by atoms with Crippen LogP contribution in [0.5, 0.6) is 0 Å². The minimum atomic E-state index is -0.200. The highest BCUT2D eigenvalue weighted by atomic mass is 16.5. The SMILES string of the molecule is CCCCCCCCCCCCCCCCOC(=O)c1ccc(C2C=CC=C2)cc1. The van der Waals surface area contributed by atoms with E-state index >= 15 is 0 Å². The number of benzene rings is 1. The van der Waals surface area contributed by atoms with Crippen LogP contribution in [0.25, 0.3) is 0 Å². The lowest BCUT2D eigenvalue weighted by atomic mass is 10.00. The number of carbonyl (C=O) groups is 1. The number of allylic oxidation sites excluding steroid dienone is 4. The van der Waals surface area contributed by atoms with Gasteiger partial charge < -0.3 is 4.74 Å². The minimum Gasteiger partial charge on any atom is -0.462 e. The van der Waals surface area contributed by atoms with Gasteiger partial charge in [0.15, 0.2) is 0 Å². The van der Waals surface area contributed by atoms with Crippen molar-refractivity contribution >= 4 is 5.97 Å². The van der Waals surface area contributed by atoms with Gasteiger partial charge in [-0.3, -0.25) is 0 Å². The summed E-state index contributed by atoms with van der Waals surface area (Å²) in [5, 5.41) is 0. The molecule has 0 aromatic heterocycles. The van der Waals surface area contributed by atoms with Gasteiger partial charge in [-0.25, -0.2) is 4.79 Å². The zero-order chi connectivity index (χ0) is 21.3. The molecule has 0 spiro atoms. The van der Waals surface area contributed by atoms with Crippen LogP contribution >= 0.6 is 0 Å². The second-order valence-corrected chi connectivity index (χ2v) is 8.65. The number of hydrogen-bond acceptors (Lipinski definition) is 2. The Morgan fingerprint density at radius 1 is 0.700 bits per heavy atom. The van der Waals surface area contributed by atoms with Crippen LogP contribution in [-0.2, 0) is 4.74 Å². The number of hydrogen-bond donors (Lipinski definition) is 0. The Morgan fingerprint density at radius 3 is 1.67 bits per heavy atom. The van der Waals surface area contributed by atoms with Gasteiger partial charge in [0.25, 0.3) is 0 Å². The summed E-state index contributed by atoms with van der Waals surface area (Å²) in [6.07, 6.45) is 27.1. The van der Waals surface area contributed by atoms with Crippen LogP contribution in [0.1, 0.15) is 119 Å². The maximum absolute atomic E-state index is 12.2. The highest BCUT2D eigenvalue weighted by Gasteiger charge is 2.10. The molecule has 1 aliphatic carbocycles. The third-order valence-corrected chi connectivity index (χ3v) is 6.01. The Labute approximate surface area is 184 Å². The van der Waals surface area contributed by atoms with E-state index in [1.807, 2.05) is 24.3 Å². The topological polar surface area (TPSA) is 26.3 Å². The molecule has 0 bridgehead atoms. The molecule has 0 saturated carbocycles. The lowest BCUT2D eigenvalue weighted by molar-refractivity contribution is 0.0497. The molecule has 1 aromatic carbocycles. The highest BCUT2D eigenvalue weighted by molar-refractivity contribution is 5.89. The van der Waals surface area contributed by atoms with Gasteiger partial charge in [-0.05, 0) is 24.1 Å². The first-order valence-corrected chi connectivity index (χ1v) is 12.4. The molecule has 2 nitrogen and oxygen atoms in total. The predicted molar refractivity (Wildman–Crippen MR) is 128 cm³/mol. The Morgan fingerprint density at radius 2 is 1.17 bits per heavy atom. The molecule has 0 heterocycles. The second kappa shape index (κ2) is 15.9. The number of unbranched alkanes of at least 4 members (excludes halogenated alkanes) is 13. The van der Waals surface area contributed by atoms with Crippen LogP contribution in [0, 0.1) is 0 Å².